The molecule has 0 saturated carbocycles. The van der Waals surface area contributed by atoms with Crippen LogP contribution in [-0.2, 0) is 21.2 Å². The highest BCUT2D eigenvalue weighted by molar-refractivity contribution is 7.89. The summed E-state index contributed by atoms with van der Waals surface area (Å²) in [4.78, 5) is 4.45. The number of aliphatic imine (C=N–C) groups is 1. The Bertz CT molecular complexity index is 673. The Morgan fingerprint density at radius 1 is 1.26 bits per heavy atom. The molecule has 1 aromatic rings. The Labute approximate surface area is 163 Å². The molecule has 1 aromatic carbocycles. The van der Waals surface area contributed by atoms with Crippen LogP contribution in [0.2, 0.25) is 0 Å². The molecule has 1 heterocycles. The van der Waals surface area contributed by atoms with E-state index < -0.39 is 10.0 Å². The van der Waals surface area contributed by atoms with Crippen molar-refractivity contribution in [2.75, 3.05) is 45.1 Å². The van der Waals surface area contributed by atoms with Crippen molar-refractivity contribution in [3.05, 3.63) is 35.9 Å². The van der Waals surface area contributed by atoms with Gasteiger partial charge in [-0.3, -0.25) is 4.99 Å². The van der Waals surface area contributed by atoms with Crippen molar-refractivity contribution in [1.29, 1.82) is 0 Å². The van der Waals surface area contributed by atoms with E-state index in [1.54, 1.807) is 0 Å². The molecule has 8 heteroatoms. The molecule has 0 aromatic heterocycles. The van der Waals surface area contributed by atoms with Crippen molar-refractivity contribution >= 4 is 16.0 Å². The third-order valence-electron chi connectivity index (χ3n) is 4.42. The summed E-state index contributed by atoms with van der Waals surface area (Å²) in [6, 6.07) is 10.6. The number of hydrogen-bond donors (Lipinski definition) is 2. The van der Waals surface area contributed by atoms with Gasteiger partial charge in [-0.25, -0.2) is 8.42 Å². The molecular weight excluding hydrogens is 364 g/mol. The first-order valence-corrected chi connectivity index (χ1v) is 11.3. The maximum Gasteiger partial charge on any atom is 0.216 e. The van der Waals surface area contributed by atoms with Crippen LogP contribution < -0.4 is 10.6 Å². The van der Waals surface area contributed by atoms with E-state index in [0.29, 0.717) is 32.3 Å². The minimum Gasteiger partial charge on any atom is -0.379 e. The Morgan fingerprint density at radius 2 is 1.96 bits per heavy atom. The third-order valence-corrected chi connectivity index (χ3v) is 6.27. The highest BCUT2D eigenvalue weighted by atomic mass is 32.2. The molecule has 1 unspecified atom stereocenters. The van der Waals surface area contributed by atoms with E-state index in [2.05, 4.69) is 34.7 Å². The number of aryl methyl sites for hydroxylation is 1. The highest BCUT2D eigenvalue weighted by Crippen LogP contribution is 2.06. The van der Waals surface area contributed by atoms with Gasteiger partial charge in [0.2, 0.25) is 10.0 Å². The summed E-state index contributed by atoms with van der Waals surface area (Å²) in [5.41, 5.74) is 1.31. The molecule has 1 aliphatic heterocycles. The van der Waals surface area contributed by atoms with Gasteiger partial charge in [-0.15, -0.1) is 0 Å². The van der Waals surface area contributed by atoms with Gasteiger partial charge in [0.25, 0.3) is 0 Å². The molecule has 0 amide bonds. The first-order chi connectivity index (χ1) is 13.0. The first kappa shape index (κ1) is 21.7. The molecule has 0 radical (unpaired) electrons. The van der Waals surface area contributed by atoms with Gasteiger partial charge in [0.05, 0.1) is 25.5 Å². The van der Waals surface area contributed by atoms with Gasteiger partial charge in [-0.1, -0.05) is 30.3 Å². The first-order valence-electron chi connectivity index (χ1n) is 9.65. The molecule has 2 N–H and O–H groups in total. The second-order valence-electron chi connectivity index (χ2n) is 6.66. The number of nitrogens with one attached hydrogen (secondary N) is 2. The fourth-order valence-electron chi connectivity index (χ4n) is 2.88. The highest BCUT2D eigenvalue weighted by Gasteiger charge is 2.23. The molecule has 27 heavy (non-hydrogen) atoms. The number of rotatable bonds is 9. The standard InChI is InChI=1S/C19H32N4O3S/c1-3-20-19(22-17(2)9-10-18-7-5-4-6-8-18)21-11-16-27(24,25)23-12-14-26-15-13-23/h4-8,17H,3,9-16H2,1-2H3,(H2,20,21,22). The molecule has 7 nitrogen and oxygen atoms in total. The quantitative estimate of drug-likeness (QED) is 0.484. The van der Waals surface area contributed by atoms with Crippen molar-refractivity contribution in [3.63, 3.8) is 0 Å². The smallest absolute Gasteiger partial charge is 0.216 e. The van der Waals surface area contributed by atoms with Gasteiger partial charge in [-0.05, 0) is 32.3 Å². The predicted molar refractivity (Wildman–Crippen MR) is 110 cm³/mol. The summed E-state index contributed by atoms with van der Waals surface area (Å²) < 4.78 is 31.4. The topological polar surface area (TPSA) is 83.0 Å². The van der Waals surface area contributed by atoms with Crippen LogP contribution in [0.25, 0.3) is 0 Å². The number of benzene rings is 1. The molecule has 1 atom stereocenters. The summed E-state index contributed by atoms with van der Waals surface area (Å²) in [7, 11) is -3.28. The zero-order valence-corrected chi connectivity index (χ0v) is 17.2. The van der Waals surface area contributed by atoms with Crippen molar-refractivity contribution in [1.82, 2.24) is 14.9 Å². The van der Waals surface area contributed by atoms with Crippen LogP contribution in [0.3, 0.4) is 0 Å². The molecule has 0 aliphatic carbocycles. The monoisotopic (exact) mass is 396 g/mol. The summed E-state index contributed by atoms with van der Waals surface area (Å²) in [5.74, 6) is 0.678. The second-order valence-corrected chi connectivity index (χ2v) is 8.75. The van der Waals surface area contributed by atoms with E-state index in [4.69, 9.17) is 4.74 Å². The molecular formula is C19H32N4O3S. The molecule has 1 saturated heterocycles. The minimum absolute atomic E-state index is 0.0158. The Morgan fingerprint density at radius 3 is 2.63 bits per heavy atom. The molecule has 0 bridgehead atoms. The van der Waals surface area contributed by atoms with E-state index in [9.17, 15) is 8.42 Å². The molecule has 1 aliphatic rings. The van der Waals surface area contributed by atoms with E-state index in [0.717, 1.165) is 19.4 Å². The lowest BCUT2D eigenvalue weighted by Crippen LogP contribution is -2.44. The van der Waals surface area contributed by atoms with Crippen molar-refractivity contribution < 1.29 is 13.2 Å². The minimum atomic E-state index is -3.28. The van der Waals surface area contributed by atoms with Crippen LogP contribution in [0, 0.1) is 0 Å². The summed E-state index contributed by atoms with van der Waals surface area (Å²) in [6.45, 7) is 6.86. The summed E-state index contributed by atoms with van der Waals surface area (Å²) in [5, 5.41) is 6.55. The van der Waals surface area contributed by atoms with Crippen LogP contribution >= 0.6 is 0 Å². The van der Waals surface area contributed by atoms with E-state index in [-0.39, 0.29) is 18.3 Å². The predicted octanol–water partition coefficient (Wildman–Crippen LogP) is 1.22. The molecule has 1 fully saturated rings. The van der Waals surface area contributed by atoms with Crippen molar-refractivity contribution in [3.8, 4) is 0 Å². The van der Waals surface area contributed by atoms with Gasteiger partial charge >= 0.3 is 0 Å². The van der Waals surface area contributed by atoms with Crippen LogP contribution in [0.15, 0.2) is 35.3 Å². The molecule has 0 spiro atoms. The normalized spacial score (nSPS) is 17.5. The number of ether oxygens (including phenoxy) is 1. The Balaban J connectivity index is 1.81. The van der Waals surface area contributed by atoms with E-state index >= 15 is 0 Å². The van der Waals surface area contributed by atoms with Gasteiger partial charge in [0, 0.05) is 25.7 Å². The lowest BCUT2D eigenvalue weighted by Gasteiger charge is -2.25. The van der Waals surface area contributed by atoms with Crippen LogP contribution in [0.1, 0.15) is 25.8 Å². The second kappa shape index (κ2) is 11.3. The maximum atomic E-state index is 12.4. The lowest BCUT2D eigenvalue weighted by atomic mass is 10.1. The number of hydrogen-bond acceptors (Lipinski definition) is 4. The average molecular weight is 397 g/mol. The number of guanidine groups is 1. The van der Waals surface area contributed by atoms with Gasteiger partial charge < -0.3 is 15.4 Å². The van der Waals surface area contributed by atoms with Gasteiger partial charge in [-0.2, -0.15) is 4.31 Å². The lowest BCUT2D eigenvalue weighted by molar-refractivity contribution is 0.0731. The largest absolute Gasteiger partial charge is 0.379 e. The van der Waals surface area contributed by atoms with Gasteiger partial charge in [0.15, 0.2) is 5.96 Å². The summed E-state index contributed by atoms with van der Waals surface area (Å²) in [6.07, 6.45) is 1.96. The van der Waals surface area contributed by atoms with E-state index in [1.807, 2.05) is 25.1 Å². The number of sulfonamides is 1. The Kier molecular flexibility index (Phi) is 9.03. The maximum absolute atomic E-state index is 12.4. The number of morpholine rings is 1. The summed E-state index contributed by atoms with van der Waals surface area (Å²) >= 11 is 0. The molecule has 152 valence electrons. The van der Waals surface area contributed by atoms with E-state index in [1.165, 1.54) is 9.87 Å². The van der Waals surface area contributed by atoms with Gasteiger partial charge in [0.1, 0.15) is 0 Å². The number of nitrogens with zero attached hydrogens (tertiary/aromatic N) is 2. The third kappa shape index (κ3) is 7.86. The van der Waals surface area contributed by atoms with Crippen LogP contribution in [-0.4, -0.2) is 69.9 Å². The van der Waals surface area contributed by atoms with Crippen LogP contribution in [0.4, 0.5) is 0 Å². The fourth-order valence-corrected chi connectivity index (χ4v) is 4.17. The SMILES string of the molecule is CCNC(=NCCS(=O)(=O)N1CCOCC1)NC(C)CCc1ccccc1. The average Bonchev–Trinajstić information content (AvgIpc) is 2.68. The van der Waals surface area contributed by atoms with Crippen molar-refractivity contribution in [2.24, 2.45) is 4.99 Å². The van der Waals surface area contributed by atoms with Crippen molar-refractivity contribution in [2.45, 2.75) is 32.7 Å². The Hall–Kier alpha value is -1.64. The molecule has 2 rings (SSSR count). The zero-order valence-electron chi connectivity index (χ0n) is 16.4. The fraction of sp³-hybridized carbons (Fsp3) is 0.632. The zero-order chi connectivity index (χ0) is 19.5. The van der Waals surface area contributed by atoms with Crippen LogP contribution in [0.5, 0.6) is 0 Å².